The summed E-state index contributed by atoms with van der Waals surface area (Å²) in [6, 6.07) is 7.13. The van der Waals surface area contributed by atoms with Crippen LogP contribution in [0.25, 0.3) is 0 Å². The number of aliphatic hydroxyl groups excluding tert-OH is 1. The van der Waals surface area contributed by atoms with Crippen LogP contribution in [0.15, 0.2) is 57.0 Å². The number of hydrogen-bond acceptors (Lipinski definition) is 15. The van der Waals surface area contributed by atoms with Crippen molar-refractivity contribution in [1.82, 2.24) is 5.16 Å². The lowest BCUT2D eigenvalue weighted by Crippen LogP contribution is -2.86. The summed E-state index contributed by atoms with van der Waals surface area (Å²) in [5.74, 6) is -7.81. The highest BCUT2D eigenvalue weighted by molar-refractivity contribution is 7.91. The molecule has 1 aromatic carbocycles. The highest BCUT2D eigenvalue weighted by Crippen LogP contribution is 2.77. The van der Waals surface area contributed by atoms with E-state index in [0.29, 0.717) is 25.7 Å². The number of aromatic nitrogens is 2. The van der Waals surface area contributed by atoms with Gasteiger partial charge in [0.2, 0.25) is 10.4 Å². The lowest BCUT2D eigenvalue weighted by atomic mass is 9.35. The first-order valence-corrected chi connectivity index (χ1v) is 19.3. The quantitative estimate of drug-likeness (QED) is 0.127. The number of esters is 3. The summed E-state index contributed by atoms with van der Waals surface area (Å²) in [5.41, 5.74) is -3.44. The van der Waals surface area contributed by atoms with Crippen molar-refractivity contribution in [1.29, 1.82) is 0 Å². The molecular weight excluding hydrogens is 732 g/mol. The van der Waals surface area contributed by atoms with E-state index in [0.717, 1.165) is 0 Å². The van der Waals surface area contributed by atoms with Gasteiger partial charge in [-0.1, -0.05) is 43.3 Å². The summed E-state index contributed by atoms with van der Waals surface area (Å²) in [5, 5.41) is 25.7. The second-order valence-electron chi connectivity index (χ2n) is 15.5. The van der Waals surface area contributed by atoms with Gasteiger partial charge in [0.25, 0.3) is 9.84 Å². The number of aromatic amines is 1. The van der Waals surface area contributed by atoms with E-state index in [1.54, 1.807) is 6.07 Å². The molecular formula is C36H43N2O15S+. The molecule has 17 nitrogen and oxygen atoms in total. The number of sulfone groups is 1. The molecule has 6 fully saturated rings. The van der Waals surface area contributed by atoms with Crippen LogP contribution in [0.4, 0.5) is 0 Å². The Balaban J connectivity index is 1.03. The van der Waals surface area contributed by atoms with Crippen molar-refractivity contribution in [3.05, 3.63) is 47.4 Å². The van der Waals surface area contributed by atoms with Crippen LogP contribution in [0.1, 0.15) is 59.3 Å². The third kappa shape index (κ3) is 5.31. The molecule has 2 saturated heterocycles. The number of fused-ring (bicyclic) bond motifs is 2. The van der Waals surface area contributed by atoms with Crippen molar-refractivity contribution in [3.63, 3.8) is 0 Å². The zero-order valence-corrected chi connectivity index (χ0v) is 30.8. The third-order valence-electron chi connectivity index (χ3n) is 12.4. The maximum absolute atomic E-state index is 14.4. The number of carbonyl (C=O) groups is 4. The summed E-state index contributed by atoms with van der Waals surface area (Å²) in [6.07, 6.45) is -2.78. The van der Waals surface area contributed by atoms with E-state index in [4.69, 9.17) is 23.7 Å². The van der Waals surface area contributed by atoms with Crippen molar-refractivity contribution in [3.8, 4) is 5.88 Å². The minimum atomic E-state index is -4.33. The minimum Gasteiger partial charge on any atom is -0.462 e. The van der Waals surface area contributed by atoms with Crippen molar-refractivity contribution in [2.24, 2.45) is 34.0 Å². The van der Waals surface area contributed by atoms with Crippen LogP contribution >= 0.6 is 0 Å². The molecule has 9 atom stereocenters. The molecule has 54 heavy (non-hydrogen) atoms. The molecule has 0 amide bonds. The Hall–Kier alpha value is -4.39. The van der Waals surface area contributed by atoms with Gasteiger partial charge in [0.1, 0.15) is 36.9 Å². The summed E-state index contributed by atoms with van der Waals surface area (Å²) in [7, 11) is -4.33. The molecule has 4 aliphatic carbocycles. The van der Waals surface area contributed by atoms with Gasteiger partial charge in [-0.05, 0) is 64.8 Å². The number of nitrogens with zero attached hydrogens (tertiary/aromatic N) is 1. The average Bonchev–Trinajstić information content (AvgIpc) is 3.55. The number of rotatable bonds is 11. The number of ketones is 1. The molecule has 1 unspecified atom stereocenters. The Morgan fingerprint density at radius 3 is 2.46 bits per heavy atom. The number of aliphatic hydroxyl groups is 2. The van der Waals surface area contributed by atoms with Crippen LogP contribution in [-0.2, 0) is 48.0 Å². The third-order valence-corrected chi connectivity index (χ3v) is 14.1. The van der Waals surface area contributed by atoms with Crippen molar-refractivity contribution in [2.45, 2.75) is 93.3 Å². The summed E-state index contributed by atoms with van der Waals surface area (Å²) in [6.45, 7) is 8.37. The van der Waals surface area contributed by atoms with Crippen molar-refractivity contribution < 1.29 is 70.7 Å². The SMILES string of the molecule is C=C1C(=O)[C@]23[C@H](OC(=O)CCC(=O)OCCOc4[nH]o[n+](=O)c4S(=O)(=O)c4ccccc4)[C@H]1CC[C@H]2[C@@]12CO[C@@]3(O)[C@@H](O)[C@@H]1C(C)(C)CCC2OC(C)=O. The first-order valence-electron chi connectivity index (χ1n) is 17.8. The molecule has 2 aliphatic heterocycles. The van der Waals surface area contributed by atoms with Crippen LogP contribution in [-0.4, -0.2) is 91.4 Å². The molecule has 292 valence electrons. The van der Waals surface area contributed by atoms with Gasteiger partial charge in [-0.2, -0.15) is 0 Å². The average molecular weight is 776 g/mol. The Labute approximate surface area is 309 Å². The van der Waals surface area contributed by atoms with Gasteiger partial charge in [0.05, 0.1) is 24.3 Å². The van der Waals surface area contributed by atoms with Gasteiger partial charge in [-0.3, -0.25) is 19.2 Å². The van der Waals surface area contributed by atoms with Gasteiger partial charge in [-0.15, -0.1) is 0 Å². The second kappa shape index (κ2) is 13.1. The number of H-pyrrole nitrogens is 1. The number of hydrogen-bond donors (Lipinski definition) is 3. The van der Waals surface area contributed by atoms with Crippen LogP contribution < -0.4 is 9.34 Å². The van der Waals surface area contributed by atoms with Gasteiger partial charge in [0, 0.05) is 24.2 Å². The number of benzene rings is 1. The molecule has 1 aromatic heterocycles. The first kappa shape index (κ1) is 37.9. The first-order chi connectivity index (χ1) is 25.4. The fraction of sp³-hybridized carbons (Fsp3) is 0.611. The highest BCUT2D eigenvalue weighted by Gasteiger charge is 2.88. The highest BCUT2D eigenvalue weighted by atomic mass is 32.2. The largest absolute Gasteiger partial charge is 0.462 e. The predicted molar refractivity (Wildman–Crippen MR) is 178 cm³/mol. The van der Waals surface area contributed by atoms with E-state index in [2.05, 4.69) is 16.4 Å². The van der Waals surface area contributed by atoms with E-state index >= 15 is 0 Å². The van der Waals surface area contributed by atoms with Crippen molar-refractivity contribution in [2.75, 3.05) is 19.8 Å². The lowest BCUT2D eigenvalue weighted by Gasteiger charge is -2.74. The second-order valence-corrected chi connectivity index (χ2v) is 17.4. The zero-order valence-electron chi connectivity index (χ0n) is 30.0. The van der Waals surface area contributed by atoms with Gasteiger partial charge >= 0.3 is 28.8 Å². The van der Waals surface area contributed by atoms with Gasteiger partial charge in [-0.25, -0.2) is 8.42 Å². The maximum Gasteiger partial charge on any atom is 0.404 e. The molecule has 4 saturated carbocycles. The van der Waals surface area contributed by atoms with Gasteiger partial charge < -0.3 is 33.9 Å². The van der Waals surface area contributed by atoms with E-state index < -0.39 is 129 Å². The monoisotopic (exact) mass is 775 g/mol. The Morgan fingerprint density at radius 1 is 1.06 bits per heavy atom. The standard InChI is InChI=1S/C36H43N2O15S/c1-19-22-10-11-23-34-18-50-36(44,29(43)27(34)33(3,4)15-14-24(34)51-20(2)39)35(23,28(19)42)30(22)52-26(41)13-12-25(40)48-16-17-49-31-32(38(45)53-37-31)54(46,47)21-8-6-5-7-9-21/h5-9,22-24,27,29-30,37,43-44H,1,10-18H2,2-4H3/q+1/t22-,23-,24?,27+,29-,30+,34+,35-,36-/m0/s1. The molecule has 6 aliphatic rings. The molecule has 8 rings (SSSR count). The molecule has 3 heterocycles. The fourth-order valence-electron chi connectivity index (χ4n) is 10.4. The summed E-state index contributed by atoms with van der Waals surface area (Å²) < 4.78 is 58.7. The number of nitrogens with one attached hydrogen (secondary N) is 1. The smallest absolute Gasteiger partial charge is 0.404 e. The zero-order chi connectivity index (χ0) is 39.0. The van der Waals surface area contributed by atoms with E-state index in [-0.39, 0.29) is 21.7 Å². The summed E-state index contributed by atoms with van der Waals surface area (Å²) >= 11 is 0. The molecule has 0 radical (unpaired) electrons. The Bertz CT molecular complexity index is 2060. The molecule has 18 heteroatoms. The lowest BCUT2D eigenvalue weighted by molar-refractivity contribution is -0.744. The van der Waals surface area contributed by atoms with E-state index in [1.165, 1.54) is 31.2 Å². The minimum absolute atomic E-state index is 0.0840. The summed E-state index contributed by atoms with van der Waals surface area (Å²) in [4.78, 5) is 64.7. The van der Waals surface area contributed by atoms with Crippen LogP contribution in [0.2, 0.25) is 0 Å². The maximum atomic E-state index is 14.4. The number of ether oxygens (including phenoxy) is 5. The Morgan fingerprint density at radius 2 is 1.76 bits per heavy atom. The normalized spacial score (nSPS) is 34.8. The molecule has 4 bridgehead atoms. The predicted octanol–water partition coefficient (Wildman–Crippen LogP) is 1.57. The molecule has 3 N–H and O–H groups in total. The van der Waals surface area contributed by atoms with Gasteiger partial charge in [0.15, 0.2) is 5.78 Å². The van der Waals surface area contributed by atoms with Crippen LogP contribution in [0.5, 0.6) is 5.88 Å². The van der Waals surface area contributed by atoms with Crippen LogP contribution in [0.3, 0.4) is 0 Å². The van der Waals surface area contributed by atoms with Crippen molar-refractivity contribution >= 4 is 33.5 Å². The number of Topliss-reactive ketones (excluding diaryl/α,β-unsaturated/α-hetero) is 1. The van der Waals surface area contributed by atoms with Crippen LogP contribution in [0, 0.1) is 38.9 Å². The Kier molecular flexibility index (Phi) is 9.22. The molecule has 2 spiro atoms. The van der Waals surface area contributed by atoms with E-state index in [9.17, 15) is 42.7 Å². The number of carbonyl (C=O) groups excluding carboxylic acids is 4. The molecule has 2 aromatic rings. The van der Waals surface area contributed by atoms with E-state index in [1.807, 2.05) is 13.8 Å². The topological polar surface area (TPSA) is 241 Å². The fourth-order valence-corrected chi connectivity index (χ4v) is 11.7.